The molecular weight excluding hydrogens is 318 g/mol. The lowest BCUT2D eigenvalue weighted by Crippen LogP contribution is -2.40. The maximum atomic E-state index is 12.2. The number of likely N-dealkylation sites (tertiary alicyclic amines) is 1. The van der Waals surface area contributed by atoms with Crippen molar-refractivity contribution in [2.24, 2.45) is 5.92 Å². The van der Waals surface area contributed by atoms with Crippen molar-refractivity contribution in [2.75, 3.05) is 26.7 Å². The van der Waals surface area contributed by atoms with Crippen molar-refractivity contribution >= 4 is 17.4 Å². The van der Waals surface area contributed by atoms with E-state index in [-0.39, 0.29) is 6.03 Å². The molecule has 0 saturated carbocycles. The third-order valence-corrected chi connectivity index (χ3v) is 5.25. The Hall–Kier alpha value is -1.85. The van der Waals surface area contributed by atoms with Crippen LogP contribution in [0.4, 0.5) is 4.79 Å². The van der Waals surface area contributed by atoms with Gasteiger partial charge in [-0.25, -0.2) is 4.79 Å². The van der Waals surface area contributed by atoms with Crippen LogP contribution in [-0.2, 0) is 13.1 Å². The van der Waals surface area contributed by atoms with Crippen LogP contribution < -0.4 is 5.32 Å². The molecule has 0 aliphatic carbocycles. The van der Waals surface area contributed by atoms with E-state index in [0.717, 1.165) is 38.2 Å². The molecular formula is C19H25N3OS. The average Bonchev–Trinajstić information content (AvgIpc) is 3.25. The molecule has 1 fully saturated rings. The molecule has 3 rings (SSSR count). The Morgan fingerprint density at radius 1 is 1.29 bits per heavy atom. The van der Waals surface area contributed by atoms with Crippen LogP contribution in [0, 0.1) is 5.92 Å². The zero-order valence-electron chi connectivity index (χ0n) is 14.1. The molecule has 1 aliphatic heterocycles. The summed E-state index contributed by atoms with van der Waals surface area (Å²) < 4.78 is 0. The van der Waals surface area contributed by atoms with Gasteiger partial charge in [0.2, 0.25) is 0 Å². The van der Waals surface area contributed by atoms with Gasteiger partial charge in [-0.1, -0.05) is 30.3 Å². The molecule has 4 nitrogen and oxygen atoms in total. The summed E-state index contributed by atoms with van der Waals surface area (Å²) in [5.41, 5.74) is 2.52. The van der Waals surface area contributed by atoms with E-state index in [4.69, 9.17) is 0 Å². The highest BCUT2D eigenvalue weighted by molar-refractivity contribution is 7.07. The number of rotatable bonds is 6. The first-order valence-corrected chi connectivity index (χ1v) is 9.41. The zero-order chi connectivity index (χ0) is 16.8. The zero-order valence-corrected chi connectivity index (χ0v) is 15.0. The standard InChI is InChI=1S/C19H25N3OS/c1-21(19(23)20-11-17-8-10-24-15-17)12-18-7-9-22(14-18)13-16-5-3-2-4-6-16/h2-6,8,10,15,18H,7,9,11-14H2,1H3,(H,20,23). The normalized spacial score (nSPS) is 17.8. The van der Waals surface area contributed by atoms with Crippen LogP contribution >= 0.6 is 11.3 Å². The second-order valence-electron chi connectivity index (χ2n) is 6.55. The molecule has 0 spiro atoms. The van der Waals surface area contributed by atoms with Gasteiger partial charge < -0.3 is 10.2 Å². The summed E-state index contributed by atoms with van der Waals surface area (Å²) in [7, 11) is 1.89. The van der Waals surface area contributed by atoms with E-state index in [2.05, 4.69) is 45.9 Å². The van der Waals surface area contributed by atoms with Crippen LogP contribution in [0.3, 0.4) is 0 Å². The highest BCUT2D eigenvalue weighted by Crippen LogP contribution is 2.19. The summed E-state index contributed by atoms with van der Waals surface area (Å²) >= 11 is 1.66. The van der Waals surface area contributed by atoms with Gasteiger partial charge in [0.15, 0.2) is 0 Å². The molecule has 1 aromatic carbocycles. The number of carbonyl (C=O) groups is 1. The van der Waals surface area contributed by atoms with Gasteiger partial charge >= 0.3 is 6.03 Å². The number of nitrogens with one attached hydrogen (secondary N) is 1. The van der Waals surface area contributed by atoms with Crippen LogP contribution in [0.15, 0.2) is 47.2 Å². The monoisotopic (exact) mass is 343 g/mol. The molecule has 2 aromatic rings. The highest BCUT2D eigenvalue weighted by atomic mass is 32.1. The van der Waals surface area contributed by atoms with Gasteiger partial charge in [-0.2, -0.15) is 11.3 Å². The smallest absolute Gasteiger partial charge is 0.317 e. The maximum Gasteiger partial charge on any atom is 0.317 e. The molecule has 1 N–H and O–H groups in total. The maximum absolute atomic E-state index is 12.2. The third-order valence-electron chi connectivity index (χ3n) is 4.52. The van der Waals surface area contributed by atoms with E-state index in [1.54, 1.807) is 11.3 Å². The first kappa shape index (κ1) is 17.0. The number of carbonyl (C=O) groups excluding carboxylic acids is 1. The van der Waals surface area contributed by atoms with E-state index < -0.39 is 0 Å². The van der Waals surface area contributed by atoms with Gasteiger partial charge in [-0.15, -0.1) is 0 Å². The fourth-order valence-corrected chi connectivity index (χ4v) is 3.89. The molecule has 1 saturated heterocycles. The van der Waals surface area contributed by atoms with E-state index in [1.807, 2.05) is 23.4 Å². The van der Waals surface area contributed by atoms with Gasteiger partial charge in [0.1, 0.15) is 0 Å². The summed E-state index contributed by atoms with van der Waals surface area (Å²) in [5, 5.41) is 7.09. The molecule has 0 bridgehead atoms. The Kier molecular flexibility index (Phi) is 5.88. The van der Waals surface area contributed by atoms with Crippen molar-refractivity contribution in [3.63, 3.8) is 0 Å². The van der Waals surface area contributed by atoms with Gasteiger partial charge in [0, 0.05) is 33.2 Å². The Morgan fingerprint density at radius 2 is 2.12 bits per heavy atom. The minimum Gasteiger partial charge on any atom is -0.334 e. The number of thiophene rings is 1. The molecule has 1 unspecified atom stereocenters. The van der Waals surface area contributed by atoms with Crippen LogP contribution in [0.5, 0.6) is 0 Å². The minimum atomic E-state index is 0.0164. The topological polar surface area (TPSA) is 35.6 Å². The molecule has 2 amide bonds. The first-order valence-electron chi connectivity index (χ1n) is 8.47. The quantitative estimate of drug-likeness (QED) is 0.872. The molecule has 128 valence electrons. The predicted molar refractivity (Wildman–Crippen MR) is 99.0 cm³/mol. The number of benzene rings is 1. The first-order chi connectivity index (χ1) is 11.7. The number of hydrogen-bond donors (Lipinski definition) is 1. The molecule has 1 aromatic heterocycles. The number of nitrogens with zero attached hydrogens (tertiary/aromatic N) is 2. The van der Waals surface area contributed by atoms with Crippen LogP contribution in [-0.4, -0.2) is 42.5 Å². The van der Waals surface area contributed by atoms with E-state index in [0.29, 0.717) is 12.5 Å². The van der Waals surface area contributed by atoms with Gasteiger partial charge in [-0.05, 0) is 46.8 Å². The second kappa shape index (κ2) is 8.31. The molecule has 2 heterocycles. The Labute approximate surface area is 148 Å². The molecule has 1 aliphatic rings. The summed E-state index contributed by atoms with van der Waals surface area (Å²) in [4.78, 5) is 16.5. The van der Waals surface area contributed by atoms with Crippen LogP contribution in [0.1, 0.15) is 17.5 Å². The van der Waals surface area contributed by atoms with E-state index >= 15 is 0 Å². The van der Waals surface area contributed by atoms with Gasteiger partial charge in [-0.3, -0.25) is 4.90 Å². The van der Waals surface area contributed by atoms with Crippen molar-refractivity contribution in [1.29, 1.82) is 0 Å². The summed E-state index contributed by atoms with van der Waals surface area (Å²) in [6, 6.07) is 12.7. The summed E-state index contributed by atoms with van der Waals surface area (Å²) in [5.74, 6) is 0.561. The summed E-state index contributed by atoms with van der Waals surface area (Å²) in [6.07, 6.45) is 1.16. The average molecular weight is 343 g/mol. The molecule has 1 atom stereocenters. The van der Waals surface area contributed by atoms with E-state index in [9.17, 15) is 4.79 Å². The number of urea groups is 1. The van der Waals surface area contributed by atoms with E-state index in [1.165, 1.54) is 5.56 Å². The Morgan fingerprint density at radius 3 is 2.88 bits per heavy atom. The van der Waals surface area contributed by atoms with Gasteiger partial charge in [0.25, 0.3) is 0 Å². The van der Waals surface area contributed by atoms with Crippen LogP contribution in [0.25, 0.3) is 0 Å². The van der Waals surface area contributed by atoms with Crippen molar-refractivity contribution in [2.45, 2.75) is 19.5 Å². The summed E-state index contributed by atoms with van der Waals surface area (Å²) in [6.45, 7) is 4.62. The molecule has 5 heteroatoms. The lowest BCUT2D eigenvalue weighted by atomic mass is 10.1. The minimum absolute atomic E-state index is 0.0164. The van der Waals surface area contributed by atoms with Crippen molar-refractivity contribution in [3.05, 3.63) is 58.3 Å². The van der Waals surface area contributed by atoms with Crippen molar-refractivity contribution in [1.82, 2.24) is 15.1 Å². The predicted octanol–water partition coefficient (Wildman–Crippen LogP) is 3.41. The van der Waals surface area contributed by atoms with Crippen molar-refractivity contribution < 1.29 is 4.79 Å². The lowest BCUT2D eigenvalue weighted by Gasteiger charge is -2.22. The SMILES string of the molecule is CN(CC1CCN(Cc2ccccc2)C1)C(=O)NCc1ccsc1. The lowest BCUT2D eigenvalue weighted by molar-refractivity contribution is 0.199. The number of hydrogen-bond acceptors (Lipinski definition) is 3. The fraction of sp³-hybridized carbons (Fsp3) is 0.421. The largest absolute Gasteiger partial charge is 0.334 e. The third kappa shape index (κ3) is 4.82. The molecule has 24 heavy (non-hydrogen) atoms. The van der Waals surface area contributed by atoms with Crippen molar-refractivity contribution in [3.8, 4) is 0 Å². The molecule has 0 radical (unpaired) electrons. The Bertz CT molecular complexity index is 629. The fourth-order valence-electron chi connectivity index (χ4n) is 3.22. The second-order valence-corrected chi connectivity index (χ2v) is 7.33. The Balaban J connectivity index is 1.40. The van der Waals surface area contributed by atoms with Crippen LogP contribution in [0.2, 0.25) is 0 Å². The highest BCUT2D eigenvalue weighted by Gasteiger charge is 2.24. The number of amides is 2. The van der Waals surface area contributed by atoms with Gasteiger partial charge in [0.05, 0.1) is 0 Å².